The molecule has 12 rings (SSSR count). The van der Waals surface area contributed by atoms with Crippen molar-refractivity contribution >= 4 is 139 Å². The molecule has 2 aliphatic rings. The molecule has 0 bridgehead atoms. The number of aryl methyl sites for hydroxylation is 5. The second-order valence-corrected chi connectivity index (χ2v) is 22.9. The third-order valence-corrected chi connectivity index (χ3v) is 15.3. The third-order valence-electron chi connectivity index (χ3n) is 14.2. The highest BCUT2D eigenvalue weighted by molar-refractivity contribution is 6.32. The van der Waals surface area contributed by atoms with E-state index in [1.54, 1.807) is 81.7 Å². The number of halogens is 6. The van der Waals surface area contributed by atoms with Gasteiger partial charge in [-0.3, -0.25) is 48.4 Å². The first-order valence-electron chi connectivity index (χ1n) is 29.2. The van der Waals surface area contributed by atoms with Gasteiger partial charge in [-0.15, -0.1) is 0 Å². The number of carbonyl (C=O) groups is 4. The van der Waals surface area contributed by atoms with Gasteiger partial charge in [-0.25, -0.2) is 14.4 Å². The van der Waals surface area contributed by atoms with Crippen LogP contribution in [0.5, 0.6) is 0 Å². The van der Waals surface area contributed by atoms with Crippen molar-refractivity contribution in [3.63, 3.8) is 0 Å². The van der Waals surface area contributed by atoms with Crippen LogP contribution in [0.15, 0.2) is 122 Å². The Morgan fingerprint density at radius 3 is 1.50 bits per heavy atom. The number of nitrogens with zero attached hydrogens (tertiary/aromatic N) is 12. The Bertz CT molecular complexity index is 4570. The Hall–Kier alpha value is -10.8. The number of anilines is 8. The molecular formula is C63H64Cl5FN18O11. The number of fused-ring (bicyclic) bond motifs is 4. The average molecular weight is 1450 g/mol. The van der Waals surface area contributed by atoms with Crippen LogP contribution in [0.25, 0.3) is 0 Å². The van der Waals surface area contributed by atoms with Crippen LogP contribution < -0.4 is 32.7 Å². The van der Waals surface area contributed by atoms with E-state index < -0.39 is 39.3 Å². The molecule has 98 heavy (non-hydrogen) atoms. The molecule has 5 aromatic carbocycles. The number of carbonyl (C=O) groups excluding carboxylic acids is 4. The van der Waals surface area contributed by atoms with Gasteiger partial charge in [0.25, 0.3) is 11.6 Å². The highest BCUT2D eigenvalue weighted by Crippen LogP contribution is 2.34. The molecule has 5 aromatic heterocycles. The van der Waals surface area contributed by atoms with Gasteiger partial charge in [0, 0.05) is 115 Å². The summed E-state index contributed by atoms with van der Waals surface area (Å²) in [6.07, 6.45) is 9.24. The fourth-order valence-corrected chi connectivity index (χ4v) is 10.1. The fraction of sp³-hybridized carbons (Fsp3) is 0.222. The quantitative estimate of drug-likeness (QED) is 0.0217. The zero-order valence-corrected chi connectivity index (χ0v) is 57.3. The van der Waals surface area contributed by atoms with Crippen molar-refractivity contribution in [2.45, 2.75) is 40.2 Å². The number of hydrogen-bond acceptors (Lipinski definition) is 21. The highest BCUT2D eigenvalue weighted by Gasteiger charge is 2.25. The first-order valence-corrected chi connectivity index (χ1v) is 31.1. The minimum Gasteiger partial charge on any atom is -0.462 e. The molecule has 0 saturated carbocycles. The summed E-state index contributed by atoms with van der Waals surface area (Å²) in [7, 11) is 8.80. The number of ether oxygens (including phenoxy) is 3. The van der Waals surface area contributed by atoms with Crippen molar-refractivity contribution in [3.05, 3.63) is 223 Å². The van der Waals surface area contributed by atoms with E-state index >= 15 is 0 Å². The molecule has 0 unspecified atom stereocenters. The van der Waals surface area contributed by atoms with Gasteiger partial charge in [0.15, 0.2) is 0 Å². The van der Waals surface area contributed by atoms with E-state index in [4.69, 9.17) is 83.7 Å². The Labute approximate surface area is 583 Å². The summed E-state index contributed by atoms with van der Waals surface area (Å²) in [5, 5.41) is 56.0. The van der Waals surface area contributed by atoms with Gasteiger partial charge in [0.05, 0.1) is 83.3 Å². The summed E-state index contributed by atoms with van der Waals surface area (Å²) in [4.78, 5) is 66.6. The Morgan fingerprint density at radius 1 is 0.541 bits per heavy atom. The summed E-state index contributed by atoms with van der Waals surface area (Å²) in [6.45, 7) is 6.86. The van der Waals surface area contributed by atoms with Gasteiger partial charge < -0.3 is 46.9 Å². The van der Waals surface area contributed by atoms with E-state index in [9.17, 15) is 43.8 Å². The van der Waals surface area contributed by atoms with Gasteiger partial charge >= 0.3 is 23.6 Å². The predicted octanol–water partition coefficient (Wildman–Crippen LogP) is 12.9. The molecule has 7 heterocycles. The molecule has 0 saturated heterocycles. The van der Waals surface area contributed by atoms with Gasteiger partial charge in [0.1, 0.15) is 39.8 Å². The number of nitrogen functional groups attached to an aromatic ring is 2. The molecule has 8 N–H and O–H groups in total. The second-order valence-electron chi connectivity index (χ2n) is 20.7. The Morgan fingerprint density at radius 2 is 0.969 bits per heavy atom. The topological polar surface area (TPSA) is 372 Å². The minimum absolute atomic E-state index is 0.117. The monoisotopic (exact) mass is 1440 g/mol. The molecule has 514 valence electrons. The molecule has 0 radical (unpaired) electrons. The van der Waals surface area contributed by atoms with E-state index in [1.807, 2.05) is 55.3 Å². The van der Waals surface area contributed by atoms with Gasteiger partial charge in [-0.2, -0.15) is 29.9 Å². The molecule has 2 aliphatic heterocycles. The van der Waals surface area contributed by atoms with Crippen LogP contribution in [0.3, 0.4) is 0 Å². The number of hydrogen-bond donors (Lipinski definition) is 6. The molecule has 0 fully saturated rings. The summed E-state index contributed by atoms with van der Waals surface area (Å²) < 4.78 is 35.2. The number of nitro groups is 2. The molecule has 10 aromatic rings. The van der Waals surface area contributed by atoms with Crippen molar-refractivity contribution in [2.75, 3.05) is 52.6 Å². The van der Waals surface area contributed by atoms with E-state index in [0.717, 1.165) is 47.1 Å². The van der Waals surface area contributed by atoms with Crippen LogP contribution in [0.2, 0.25) is 25.1 Å². The standard InChI is InChI=1S/C13H13ClN4O4.C13H15ClN4O2.C12H10ClN3O.C12H12ClN3.C7H11N3O2.C6H3ClFNO2/c1-3-22-13(19)9-7-15-17(2)12(9)16-10-5-4-8(14)6-11(10)18(20)21;1-3-20-13(19)9-7-16-18(2)12(9)17-11-5-4-8(14)6-10(11)15;1-16-11-5-7-4-8(13)2-3-10(7)15-12(17)9(11)6-14-16;1-16-12-5-8-4-10(13)2-3-11(8)14-6-9(12)7-15-16;1-3-12-7(11)5-4-9-10(2)6(5)8;7-4-1-2-5(8)6(3-4)9(10)11/h4-7,16H,3H2,1-2H3;4-7,17H,3,15H2,1-2H3;2-4,6H,5H2,1H3,(H,15,17);2-4,7,14H,5-6H2,1H3;4H,3,8H2,1-2H3;1-3H. The van der Waals surface area contributed by atoms with Crippen LogP contribution in [0.4, 0.5) is 61.7 Å². The molecule has 0 atom stereocenters. The lowest BCUT2D eigenvalue weighted by atomic mass is 10.1. The normalized spacial score (nSPS) is 11.3. The highest BCUT2D eigenvalue weighted by atomic mass is 35.5. The van der Waals surface area contributed by atoms with Crippen LogP contribution in [-0.4, -0.2) is 102 Å². The lowest BCUT2D eigenvalue weighted by molar-refractivity contribution is -0.387. The van der Waals surface area contributed by atoms with Crippen molar-refractivity contribution in [1.29, 1.82) is 0 Å². The fourth-order valence-electron chi connectivity index (χ4n) is 9.19. The lowest BCUT2D eigenvalue weighted by Crippen LogP contribution is -2.11. The predicted molar refractivity (Wildman–Crippen MR) is 371 cm³/mol. The maximum Gasteiger partial charge on any atom is 0.343 e. The van der Waals surface area contributed by atoms with Crippen molar-refractivity contribution in [3.8, 4) is 0 Å². The van der Waals surface area contributed by atoms with Crippen molar-refractivity contribution in [1.82, 2.24) is 48.9 Å². The third kappa shape index (κ3) is 19.2. The molecule has 35 heteroatoms. The molecule has 1 amide bonds. The zero-order valence-electron chi connectivity index (χ0n) is 53.6. The number of aromatic nitrogens is 10. The van der Waals surface area contributed by atoms with Crippen LogP contribution in [-0.2, 0) is 68.8 Å². The van der Waals surface area contributed by atoms with Crippen molar-refractivity contribution < 1.29 is 47.6 Å². The van der Waals surface area contributed by atoms with E-state index in [-0.39, 0.29) is 39.5 Å². The summed E-state index contributed by atoms with van der Waals surface area (Å²) in [6, 6.07) is 23.9. The SMILES string of the molecule is CCOC(=O)c1cnn(C)c1N.CCOC(=O)c1cnn(C)c1Nc1ccc(Cl)cc1N.CCOC(=O)c1cnn(C)c1Nc1ccc(Cl)cc1[N+](=O)[O-].Cn1ncc2c1Cc1cc(Cl)ccc1NC2.Cn1ncc2c1Cc1cc(Cl)ccc1NC2=O.O=[N+]([O-])c1cc(Cl)ccc1F. The van der Waals surface area contributed by atoms with Crippen LogP contribution in [0.1, 0.15) is 90.3 Å². The van der Waals surface area contributed by atoms with Gasteiger partial charge in [0.2, 0.25) is 5.82 Å². The Balaban J connectivity index is 0.000000168. The number of nitrogens with one attached hydrogen (secondary N) is 4. The summed E-state index contributed by atoms with van der Waals surface area (Å²) in [5.41, 5.74) is 21.1. The second kappa shape index (κ2) is 34.2. The summed E-state index contributed by atoms with van der Waals surface area (Å²) >= 11 is 29.0. The molecule has 29 nitrogen and oxygen atoms in total. The van der Waals surface area contributed by atoms with E-state index in [2.05, 4.69) is 46.8 Å². The van der Waals surface area contributed by atoms with Crippen molar-refractivity contribution in [2.24, 2.45) is 35.2 Å². The number of rotatable bonds is 12. The number of benzene rings is 5. The minimum atomic E-state index is -0.876. The summed E-state index contributed by atoms with van der Waals surface area (Å²) in [5.74, 6) is -1.28. The zero-order chi connectivity index (χ0) is 71.7. The van der Waals surface area contributed by atoms with Crippen LogP contribution >= 0.6 is 58.0 Å². The molecule has 0 aliphatic carbocycles. The van der Waals surface area contributed by atoms with Gasteiger partial charge in [-0.05, 0) is 111 Å². The number of nitrogens with two attached hydrogens (primary N) is 2. The number of esters is 3. The molecular weight excluding hydrogens is 1380 g/mol. The first kappa shape index (κ1) is 74.6. The molecule has 0 spiro atoms. The number of amides is 1. The Kier molecular flexibility index (Phi) is 26.1. The maximum absolute atomic E-state index is 12.5. The van der Waals surface area contributed by atoms with Gasteiger partial charge in [-0.1, -0.05) is 58.0 Å². The van der Waals surface area contributed by atoms with Crippen LogP contribution in [0, 0.1) is 26.0 Å². The lowest BCUT2D eigenvalue weighted by Gasteiger charge is -2.11. The average Bonchev–Trinajstić information content (AvgIpc) is 1.65. The van der Waals surface area contributed by atoms with E-state index in [0.29, 0.717) is 75.2 Å². The smallest absolute Gasteiger partial charge is 0.343 e. The first-order chi connectivity index (χ1) is 46.6. The maximum atomic E-state index is 12.5. The van der Waals surface area contributed by atoms with E-state index in [1.165, 1.54) is 74.7 Å². The number of nitro benzene ring substituents is 2. The largest absolute Gasteiger partial charge is 0.462 e.